The summed E-state index contributed by atoms with van der Waals surface area (Å²) in [7, 11) is 0. The summed E-state index contributed by atoms with van der Waals surface area (Å²) in [6, 6.07) is 8.97. The predicted molar refractivity (Wildman–Crippen MR) is 83.0 cm³/mol. The molecule has 2 heterocycles. The van der Waals surface area contributed by atoms with Gasteiger partial charge >= 0.3 is 0 Å². The number of likely N-dealkylation sites (tertiary alicyclic amines) is 1. The van der Waals surface area contributed by atoms with Gasteiger partial charge < -0.3 is 10.2 Å². The van der Waals surface area contributed by atoms with E-state index in [4.69, 9.17) is 0 Å². The van der Waals surface area contributed by atoms with E-state index in [9.17, 15) is 4.79 Å². The van der Waals surface area contributed by atoms with Gasteiger partial charge in [-0.2, -0.15) is 0 Å². The van der Waals surface area contributed by atoms with Crippen LogP contribution in [0.4, 0.5) is 0 Å². The molecule has 1 amide bonds. The number of amides is 1. The molecule has 20 heavy (non-hydrogen) atoms. The number of rotatable bonds is 4. The summed E-state index contributed by atoms with van der Waals surface area (Å²) in [6.45, 7) is 2.71. The first-order chi connectivity index (χ1) is 9.84. The van der Waals surface area contributed by atoms with E-state index < -0.39 is 0 Å². The quantitative estimate of drug-likeness (QED) is 0.925. The lowest BCUT2D eigenvalue weighted by atomic mass is 10.1. The number of carbonyl (C=O) groups excluding carboxylic acids is 1. The van der Waals surface area contributed by atoms with Gasteiger partial charge in [-0.1, -0.05) is 18.2 Å². The highest BCUT2D eigenvalue weighted by Crippen LogP contribution is 2.37. The van der Waals surface area contributed by atoms with E-state index in [-0.39, 0.29) is 0 Å². The van der Waals surface area contributed by atoms with Gasteiger partial charge in [-0.25, -0.2) is 0 Å². The van der Waals surface area contributed by atoms with Crippen molar-refractivity contribution in [3.05, 3.63) is 29.8 Å². The van der Waals surface area contributed by atoms with Crippen molar-refractivity contribution < 1.29 is 4.79 Å². The third-order valence-corrected chi connectivity index (χ3v) is 5.32. The third kappa shape index (κ3) is 3.18. The average Bonchev–Trinajstić information content (AvgIpc) is 2.92. The van der Waals surface area contributed by atoms with Gasteiger partial charge in [0.15, 0.2) is 0 Å². The van der Waals surface area contributed by atoms with Crippen LogP contribution in [-0.4, -0.2) is 36.2 Å². The van der Waals surface area contributed by atoms with E-state index in [2.05, 4.69) is 29.6 Å². The molecule has 0 bridgehead atoms. The van der Waals surface area contributed by atoms with Crippen molar-refractivity contribution in [3.63, 3.8) is 0 Å². The van der Waals surface area contributed by atoms with Crippen LogP contribution in [0.5, 0.6) is 0 Å². The lowest BCUT2D eigenvalue weighted by Gasteiger charge is -2.27. The monoisotopic (exact) mass is 290 g/mol. The molecule has 2 aliphatic rings. The second kappa shape index (κ2) is 6.64. The van der Waals surface area contributed by atoms with Crippen molar-refractivity contribution in [3.8, 4) is 0 Å². The lowest BCUT2D eigenvalue weighted by molar-refractivity contribution is -0.132. The van der Waals surface area contributed by atoms with Gasteiger partial charge in [-0.05, 0) is 30.9 Å². The fraction of sp³-hybridized carbons (Fsp3) is 0.562. The third-order valence-electron chi connectivity index (χ3n) is 4.14. The maximum atomic E-state index is 12.1. The Labute approximate surface area is 125 Å². The molecule has 2 aliphatic heterocycles. The van der Waals surface area contributed by atoms with Crippen LogP contribution in [0.15, 0.2) is 29.2 Å². The van der Waals surface area contributed by atoms with Crippen LogP contribution >= 0.6 is 11.8 Å². The van der Waals surface area contributed by atoms with Crippen molar-refractivity contribution in [1.82, 2.24) is 10.2 Å². The first-order valence-electron chi connectivity index (χ1n) is 7.57. The first-order valence-corrected chi connectivity index (χ1v) is 8.56. The number of carbonyl (C=O) groups is 1. The molecule has 1 saturated heterocycles. The van der Waals surface area contributed by atoms with Gasteiger partial charge in [-0.3, -0.25) is 4.79 Å². The van der Waals surface area contributed by atoms with Crippen LogP contribution in [-0.2, 0) is 4.79 Å². The summed E-state index contributed by atoms with van der Waals surface area (Å²) in [6.07, 6.45) is 4.25. The summed E-state index contributed by atoms with van der Waals surface area (Å²) >= 11 is 1.91. The number of fused-ring (bicyclic) bond motifs is 1. The van der Waals surface area contributed by atoms with Crippen LogP contribution < -0.4 is 5.32 Å². The van der Waals surface area contributed by atoms with Gasteiger partial charge in [-0.15, -0.1) is 11.8 Å². The zero-order valence-corrected chi connectivity index (χ0v) is 12.6. The van der Waals surface area contributed by atoms with Gasteiger partial charge in [0.1, 0.15) is 0 Å². The number of hydrogen-bond donors (Lipinski definition) is 1. The molecule has 4 heteroatoms. The zero-order valence-electron chi connectivity index (χ0n) is 11.8. The fourth-order valence-corrected chi connectivity index (χ4v) is 4.18. The lowest BCUT2D eigenvalue weighted by Crippen LogP contribution is -2.37. The molecular formula is C16H22N2OS. The highest BCUT2D eigenvalue weighted by atomic mass is 32.2. The van der Waals surface area contributed by atoms with Gasteiger partial charge in [0.2, 0.25) is 5.91 Å². The van der Waals surface area contributed by atoms with Crippen LogP contribution in [0.3, 0.4) is 0 Å². The highest BCUT2D eigenvalue weighted by Gasteiger charge is 2.22. The van der Waals surface area contributed by atoms with E-state index in [0.29, 0.717) is 18.4 Å². The standard InChI is InChI=1S/C16H22N2OS/c19-16(18-10-4-1-5-11-18)8-9-17-14-12-20-15-7-3-2-6-13(14)15/h2-3,6-7,14,17H,1,4-5,8-12H2. The summed E-state index contributed by atoms with van der Waals surface area (Å²) in [5.74, 6) is 1.40. The van der Waals surface area contributed by atoms with E-state index in [1.165, 1.54) is 29.7 Å². The molecule has 1 aromatic rings. The number of hydrogen-bond acceptors (Lipinski definition) is 3. The first kappa shape index (κ1) is 14.0. The van der Waals surface area contributed by atoms with Gasteiger partial charge in [0, 0.05) is 42.7 Å². The largest absolute Gasteiger partial charge is 0.343 e. The maximum absolute atomic E-state index is 12.1. The molecular weight excluding hydrogens is 268 g/mol. The number of nitrogens with one attached hydrogen (secondary N) is 1. The zero-order chi connectivity index (χ0) is 13.8. The molecule has 0 aliphatic carbocycles. The SMILES string of the molecule is O=C(CCNC1CSc2ccccc21)N1CCCCC1. The van der Waals surface area contributed by atoms with Crippen LogP contribution in [0.1, 0.15) is 37.3 Å². The smallest absolute Gasteiger partial charge is 0.223 e. The Morgan fingerprint density at radius 1 is 1.25 bits per heavy atom. The molecule has 3 rings (SSSR count). The normalized spacial score (nSPS) is 21.8. The van der Waals surface area contributed by atoms with Crippen molar-refractivity contribution in [1.29, 1.82) is 0 Å². The predicted octanol–water partition coefficient (Wildman–Crippen LogP) is 2.83. The maximum Gasteiger partial charge on any atom is 0.223 e. The molecule has 1 unspecified atom stereocenters. The Morgan fingerprint density at radius 3 is 2.90 bits per heavy atom. The molecule has 108 valence electrons. The van der Waals surface area contributed by atoms with Gasteiger partial charge in [0.25, 0.3) is 0 Å². The summed E-state index contributed by atoms with van der Waals surface area (Å²) in [5.41, 5.74) is 1.39. The molecule has 1 atom stereocenters. The van der Waals surface area contributed by atoms with Crippen molar-refractivity contribution >= 4 is 17.7 Å². The molecule has 1 aromatic carbocycles. The summed E-state index contributed by atoms with van der Waals surface area (Å²) in [4.78, 5) is 15.5. The number of nitrogens with zero attached hydrogens (tertiary/aromatic N) is 1. The Balaban J connectivity index is 1.45. The average molecular weight is 290 g/mol. The molecule has 3 nitrogen and oxygen atoms in total. The Hall–Kier alpha value is -1.00. The Kier molecular flexibility index (Phi) is 4.63. The van der Waals surface area contributed by atoms with Crippen LogP contribution in [0, 0.1) is 0 Å². The summed E-state index contributed by atoms with van der Waals surface area (Å²) < 4.78 is 0. The molecule has 0 radical (unpaired) electrons. The fourth-order valence-electron chi connectivity index (χ4n) is 2.99. The molecule has 0 spiro atoms. The Morgan fingerprint density at radius 2 is 2.05 bits per heavy atom. The van der Waals surface area contributed by atoms with Crippen molar-refractivity contribution in [2.24, 2.45) is 0 Å². The van der Waals surface area contributed by atoms with Crippen molar-refractivity contribution in [2.75, 3.05) is 25.4 Å². The molecule has 1 fully saturated rings. The van der Waals surface area contributed by atoms with E-state index >= 15 is 0 Å². The molecule has 0 aromatic heterocycles. The minimum Gasteiger partial charge on any atom is -0.343 e. The number of piperidine rings is 1. The molecule has 1 N–H and O–H groups in total. The second-order valence-corrected chi connectivity index (χ2v) is 6.61. The van der Waals surface area contributed by atoms with E-state index in [1.807, 2.05) is 16.7 Å². The van der Waals surface area contributed by atoms with Crippen LogP contribution in [0.2, 0.25) is 0 Å². The van der Waals surface area contributed by atoms with E-state index in [1.54, 1.807) is 0 Å². The minimum atomic E-state index is 0.316. The topological polar surface area (TPSA) is 32.3 Å². The minimum absolute atomic E-state index is 0.316. The van der Waals surface area contributed by atoms with Crippen molar-refractivity contribution in [2.45, 2.75) is 36.6 Å². The van der Waals surface area contributed by atoms with E-state index in [0.717, 1.165) is 25.4 Å². The Bertz CT molecular complexity index is 471. The highest BCUT2D eigenvalue weighted by molar-refractivity contribution is 7.99. The number of thioether (sulfide) groups is 1. The summed E-state index contributed by atoms with van der Waals surface area (Å²) in [5, 5.41) is 3.54. The molecule has 0 saturated carbocycles. The second-order valence-electron chi connectivity index (χ2n) is 5.55. The van der Waals surface area contributed by atoms with Gasteiger partial charge in [0.05, 0.1) is 0 Å². The number of benzene rings is 1. The van der Waals surface area contributed by atoms with Crippen LogP contribution in [0.25, 0.3) is 0 Å².